The highest BCUT2D eigenvalue weighted by atomic mass is 16.5. The summed E-state index contributed by atoms with van der Waals surface area (Å²) < 4.78 is 5.31. The molecule has 2 fully saturated rings. The molecule has 2 rings (SSSR count). The zero-order valence-corrected chi connectivity index (χ0v) is 12.7. The number of likely N-dealkylation sites (N-methyl/N-ethyl adjacent to an activating group) is 1. The van der Waals surface area contributed by atoms with Crippen LogP contribution in [0.25, 0.3) is 0 Å². The molecule has 2 unspecified atom stereocenters. The lowest BCUT2D eigenvalue weighted by Gasteiger charge is -2.32. The van der Waals surface area contributed by atoms with E-state index in [2.05, 4.69) is 22.2 Å². The Morgan fingerprint density at radius 2 is 2.10 bits per heavy atom. The summed E-state index contributed by atoms with van der Waals surface area (Å²) in [6, 6.07) is -0.194. The van der Waals surface area contributed by atoms with Crippen molar-refractivity contribution in [1.82, 2.24) is 15.1 Å². The van der Waals surface area contributed by atoms with Crippen LogP contribution in [0.3, 0.4) is 0 Å². The highest BCUT2D eigenvalue weighted by Gasteiger charge is 2.44. The van der Waals surface area contributed by atoms with Gasteiger partial charge in [-0.25, -0.2) is 0 Å². The van der Waals surface area contributed by atoms with Gasteiger partial charge in [0.2, 0.25) is 5.91 Å². The Morgan fingerprint density at radius 3 is 2.70 bits per heavy atom. The average Bonchev–Trinajstić information content (AvgIpc) is 2.78. The first kappa shape index (κ1) is 15.7. The van der Waals surface area contributed by atoms with Gasteiger partial charge >= 0.3 is 0 Å². The Morgan fingerprint density at radius 1 is 1.40 bits per heavy atom. The standard InChI is InChI=1S/C14H28N4O2/c1-14(11-20-10-12(14)15)13(19)16-4-3-5-18-8-6-17(2)7-9-18/h12H,3-11,15H2,1-2H3,(H,16,19). The molecule has 20 heavy (non-hydrogen) atoms. The first-order chi connectivity index (χ1) is 9.52. The summed E-state index contributed by atoms with van der Waals surface area (Å²) in [5.41, 5.74) is 5.39. The fourth-order valence-corrected chi connectivity index (χ4v) is 2.70. The Labute approximate surface area is 121 Å². The molecule has 2 aliphatic rings. The molecule has 0 spiro atoms. The molecule has 0 saturated carbocycles. The predicted octanol–water partition coefficient (Wildman–Crippen LogP) is -0.896. The Bertz CT molecular complexity index is 331. The molecule has 6 nitrogen and oxygen atoms in total. The molecule has 0 aliphatic carbocycles. The fraction of sp³-hybridized carbons (Fsp3) is 0.929. The van der Waals surface area contributed by atoms with Crippen molar-refractivity contribution < 1.29 is 9.53 Å². The monoisotopic (exact) mass is 284 g/mol. The summed E-state index contributed by atoms with van der Waals surface area (Å²) in [6.45, 7) is 9.08. The van der Waals surface area contributed by atoms with E-state index in [1.807, 2.05) is 6.92 Å². The van der Waals surface area contributed by atoms with E-state index in [1.165, 1.54) is 0 Å². The number of piperazine rings is 1. The van der Waals surface area contributed by atoms with Gasteiger partial charge in [-0.2, -0.15) is 0 Å². The first-order valence-electron chi connectivity index (χ1n) is 7.55. The van der Waals surface area contributed by atoms with Gasteiger partial charge < -0.3 is 25.6 Å². The smallest absolute Gasteiger partial charge is 0.229 e. The maximum absolute atomic E-state index is 12.2. The zero-order valence-electron chi connectivity index (χ0n) is 12.7. The first-order valence-corrected chi connectivity index (χ1v) is 7.55. The van der Waals surface area contributed by atoms with E-state index in [0.717, 1.165) is 39.1 Å². The van der Waals surface area contributed by atoms with Gasteiger partial charge in [0.15, 0.2) is 0 Å². The van der Waals surface area contributed by atoms with Crippen LogP contribution in [0.15, 0.2) is 0 Å². The van der Waals surface area contributed by atoms with Crippen LogP contribution < -0.4 is 11.1 Å². The molecule has 0 radical (unpaired) electrons. The lowest BCUT2D eigenvalue weighted by Crippen LogP contribution is -2.50. The van der Waals surface area contributed by atoms with Crippen molar-refractivity contribution >= 4 is 5.91 Å². The van der Waals surface area contributed by atoms with E-state index in [4.69, 9.17) is 10.5 Å². The van der Waals surface area contributed by atoms with Crippen molar-refractivity contribution in [1.29, 1.82) is 0 Å². The van der Waals surface area contributed by atoms with Gasteiger partial charge in [-0.15, -0.1) is 0 Å². The highest BCUT2D eigenvalue weighted by Crippen LogP contribution is 2.26. The van der Waals surface area contributed by atoms with Crippen molar-refractivity contribution in [3.8, 4) is 0 Å². The Hall–Kier alpha value is -0.690. The van der Waals surface area contributed by atoms with Crippen LogP contribution in [-0.4, -0.2) is 81.3 Å². The molecular weight excluding hydrogens is 256 g/mol. The second-order valence-electron chi connectivity index (χ2n) is 6.29. The van der Waals surface area contributed by atoms with Crippen LogP contribution in [0.1, 0.15) is 13.3 Å². The number of rotatable bonds is 5. The SMILES string of the molecule is CN1CCN(CCCNC(=O)C2(C)COCC2N)CC1. The second kappa shape index (κ2) is 6.85. The van der Waals surface area contributed by atoms with Gasteiger partial charge in [-0.05, 0) is 26.9 Å². The maximum atomic E-state index is 12.2. The lowest BCUT2D eigenvalue weighted by molar-refractivity contribution is -0.130. The quantitative estimate of drug-likeness (QED) is 0.641. The van der Waals surface area contributed by atoms with Crippen molar-refractivity contribution in [2.75, 3.05) is 59.5 Å². The summed E-state index contributed by atoms with van der Waals surface area (Å²) in [6.07, 6.45) is 0.988. The summed E-state index contributed by atoms with van der Waals surface area (Å²) in [5.74, 6) is 0.0286. The van der Waals surface area contributed by atoms with Crippen molar-refractivity contribution in [3.05, 3.63) is 0 Å². The molecule has 1 amide bonds. The number of hydrogen-bond acceptors (Lipinski definition) is 5. The van der Waals surface area contributed by atoms with Gasteiger partial charge in [-0.1, -0.05) is 0 Å². The van der Waals surface area contributed by atoms with E-state index in [0.29, 0.717) is 19.8 Å². The molecule has 0 aromatic heterocycles. The lowest BCUT2D eigenvalue weighted by atomic mass is 9.85. The van der Waals surface area contributed by atoms with E-state index in [1.54, 1.807) is 0 Å². The van der Waals surface area contributed by atoms with Crippen molar-refractivity contribution in [2.24, 2.45) is 11.1 Å². The molecule has 2 heterocycles. The maximum Gasteiger partial charge on any atom is 0.229 e. The fourth-order valence-electron chi connectivity index (χ4n) is 2.70. The minimum atomic E-state index is -0.562. The predicted molar refractivity (Wildman–Crippen MR) is 78.5 cm³/mol. The van der Waals surface area contributed by atoms with E-state index >= 15 is 0 Å². The summed E-state index contributed by atoms with van der Waals surface area (Å²) in [4.78, 5) is 17.0. The highest BCUT2D eigenvalue weighted by molar-refractivity contribution is 5.83. The summed E-state index contributed by atoms with van der Waals surface area (Å²) >= 11 is 0. The van der Waals surface area contributed by atoms with Crippen LogP contribution in [0, 0.1) is 5.41 Å². The zero-order chi connectivity index (χ0) is 14.6. The number of ether oxygens (including phenoxy) is 1. The van der Waals surface area contributed by atoms with Crippen molar-refractivity contribution in [2.45, 2.75) is 19.4 Å². The topological polar surface area (TPSA) is 70.8 Å². The number of carbonyl (C=O) groups is 1. The molecular formula is C14H28N4O2. The number of hydrogen-bond donors (Lipinski definition) is 2. The van der Waals surface area contributed by atoms with Crippen LogP contribution in [0.2, 0.25) is 0 Å². The molecule has 0 bridgehead atoms. The molecule has 6 heteroatoms. The number of nitrogens with zero attached hydrogens (tertiary/aromatic N) is 2. The van der Waals surface area contributed by atoms with Gasteiger partial charge in [0.25, 0.3) is 0 Å². The molecule has 2 atom stereocenters. The van der Waals surface area contributed by atoms with Crippen molar-refractivity contribution in [3.63, 3.8) is 0 Å². The van der Waals surface area contributed by atoms with Gasteiger partial charge in [0.1, 0.15) is 0 Å². The van der Waals surface area contributed by atoms with E-state index < -0.39 is 5.41 Å². The number of amides is 1. The third kappa shape index (κ3) is 3.69. The third-order valence-corrected chi connectivity index (χ3v) is 4.57. The number of carbonyl (C=O) groups excluding carboxylic acids is 1. The van der Waals surface area contributed by atoms with Crippen LogP contribution in [0.5, 0.6) is 0 Å². The largest absolute Gasteiger partial charge is 0.379 e. The number of nitrogens with one attached hydrogen (secondary N) is 1. The number of nitrogens with two attached hydrogens (primary N) is 1. The molecule has 0 aromatic carbocycles. The van der Waals surface area contributed by atoms with Gasteiger partial charge in [0.05, 0.1) is 18.6 Å². The Kier molecular flexibility index (Phi) is 5.37. The minimum Gasteiger partial charge on any atom is -0.379 e. The van der Waals surface area contributed by atoms with Gasteiger partial charge in [0, 0.05) is 38.8 Å². The molecule has 3 N–H and O–H groups in total. The second-order valence-corrected chi connectivity index (χ2v) is 6.29. The third-order valence-electron chi connectivity index (χ3n) is 4.57. The summed E-state index contributed by atoms with van der Waals surface area (Å²) in [5, 5.41) is 3.01. The molecule has 116 valence electrons. The van der Waals surface area contributed by atoms with E-state index in [-0.39, 0.29) is 11.9 Å². The molecule has 2 saturated heterocycles. The normalized spacial score (nSPS) is 32.5. The summed E-state index contributed by atoms with van der Waals surface area (Å²) in [7, 11) is 2.16. The van der Waals surface area contributed by atoms with Gasteiger partial charge in [-0.3, -0.25) is 4.79 Å². The Balaban J connectivity index is 1.62. The average molecular weight is 284 g/mol. The molecule has 0 aromatic rings. The molecule has 2 aliphatic heterocycles. The van der Waals surface area contributed by atoms with Crippen LogP contribution in [-0.2, 0) is 9.53 Å². The van der Waals surface area contributed by atoms with Crippen LogP contribution in [0.4, 0.5) is 0 Å². The van der Waals surface area contributed by atoms with Crippen LogP contribution >= 0.6 is 0 Å². The van der Waals surface area contributed by atoms with E-state index in [9.17, 15) is 4.79 Å². The minimum absolute atomic E-state index is 0.0286.